The molecule has 5 fully saturated rings. The van der Waals surface area contributed by atoms with Crippen LogP contribution in [0.25, 0.3) is 62.7 Å². The van der Waals surface area contributed by atoms with E-state index in [0.717, 1.165) is 53.3 Å². The minimum Gasteiger partial charge on any atom is -0.459 e. The second kappa shape index (κ2) is 38.4. The fraction of sp³-hybridized carbons (Fsp3) is 0.557. The molecular weight excluding hydrogens is 1420 g/mol. The van der Waals surface area contributed by atoms with Crippen molar-refractivity contribution in [2.24, 2.45) is 30.7 Å². The number of hydrogen-bond acceptors (Lipinski definition) is 32. The van der Waals surface area contributed by atoms with Crippen LogP contribution in [-0.2, 0) is 105 Å². The average molecular weight is 1480 g/mol. The Bertz CT molecular complexity index is 3940. The van der Waals surface area contributed by atoms with Crippen LogP contribution in [0.15, 0.2) is 122 Å². The molecule has 556 valence electrons. The van der Waals surface area contributed by atoms with Gasteiger partial charge in [0.1, 0.15) is 66.9 Å². The third-order valence-corrected chi connectivity index (χ3v) is 17.3. The SMILES string of the molecule is CC(=O)OC1[C@@H](OC2O[C@H](CS[C@@H]3O[C@H](COC(=O)c4ccccc4)[C@H](OC(=O)c4ccccc4)C3OC(=O)c3ccccc3)[C@H](O[C@H]3O[C@@H](CN=[N+]=[N-])[C@@H](OC(C)=O)C(OC(C)=O)C3N=[N+]=[N-])[C@@H]2OC(C)=O)[C@@H](O[C@@H]2OC(CN=[N+]=[N-])[C@H](OC(C)=O)[C@H](OC(C)=O)C2N=[N+]=[N-])C(N=[N+]=[N-])C[C@H]1N=[N+]=[N-]. The van der Waals surface area contributed by atoms with Crippen molar-refractivity contribution in [2.75, 3.05) is 25.4 Å². The molecule has 1 aliphatic carbocycles. The molecule has 23 atom stereocenters. The Hall–Kier alpha value is -11.2. The lowest BCUT2D eigenvalue weighted by Gasteiger charge is -2.48. The normalized spacial score (nSPS) is 30.7. The van der Waals surface area contributed by atoms with E-state index in [0.29, 0.717) is 0 Å². The number of esters is 9. The summed E-state index contributed by atoms with van der Waals surface area (Å²) in [6, 6.07) is 15.7. The van der Waals surface area contributed by atoms with E-state index in [1.54, 1.807) is 42.5 Å². The summed E-state index contributed by atoms with van der Waals surface area (Å²) in [4.78, 5) is 138. The van der Waals surface area contributed by atoms with Crippen molar-refractivity contribution in [3.63, 3.8) is 0 Å². The first-order valence-electron chi connectivity index (χ1n) is 31.7. The van der Waals surface area contributed by atoms with Crippen molar-refractivity contribution in [3.05, 3.63) is 170 Å². The summed E-state index contributed by atoms with van der Waals surface area (Å²) >= 11 is 0.732. The van der Waals surface area contributed by atoms with Gasteiger partial charge in [-0.1, -0.05) is 85.3 Å². The minimum absolute atomic E-state index is 0.00293. The van der Waals surface area contributed by atoms with E-state index in [4.69, 9.17) is 75.8 Å². The van der Waals surface area contributed by atoms with E-state index in [1.165, 1.54) is 48.5 Å². The number of thioether (sulfide) groups is 1. The summed E-state index contributed by atoms with van der Waals surface area (Å²) in [6.07, 6.45) is -33.9. The third-order valence-electron chi connectivity index (χ3n) is 16.1. The standard InChI is InChI=1S/C61H66N18O25S/c1-27(80)90-44-36(70-76-64)22-37(71-77-65)45(102-58-42(72-78-66)50(93-30(4)83)46(91-28(2)81)38(96-58)23-68-74-62)52(44)104-60-53(95-32(6)85)49(103-59-43(73-79-67)51(94-31(5)84)47(92-29(3)82)39(97-59)24-69-75-63)41(98-60)26-105-61-54(101-57(88)35-20-14-9-15-21-35)48(100-56(87)34-18-12-8-13-19-34)40(99-61)25-89-55(86)33-16-10-7-11-17-33/h7-21,36-54,58-61H,22-26H2,1-6H3/t36-,37?,38?,39+,40-,41-,42?,43?,44?,45+,46+,47-,48+,49+,50-,51?,52-,53+,54?,58+,59-,60?,61+/m1/s1. The molecule has 5 aliphatic rings. The maximum Gasteiger partial charge on any atom is 0.338 e. The molecule has 0 N–H and O–H groups in total. The van der Waals surface area contributed by atoms with Crippen LogP contribution >= 0.6 is 11.8 Å². The van der Waals surface area contributed by atoms with Crippen LogP contribution in [0.1, 0.15) is 79.0 Å². The molecule has 0 bridgehead atoms. The highest BCUT2D eigenvalue weighted by atomic mass is 32.2. The third kappa shape index (κ3) is 21.0. The second-order valence-corrected chi connectivity index (χ2v) is 24.3. The summed E-state index contributed by atoms with van der Waals surface area (Å²) in [6.45, 7) is 3.60. The first-order chi connectivity index (χ1) is 50.5. The summed E-state index contributed by atoms with van der Waals surface area (Å²) in [5, 5.41) is 22.4. The van der Waals surface area contributed by atoms with Gasteiger partial charge in [0, 0.05) is 76.8 Å². The topological polar surface area (TPSA) is 594 Å². The van der Waals surface area contributed by atoms with Crippen molar-refractivity contribution in [1.82, 2.24) is 0 Å². The quantitative estimate of drug-likeness (QED) is 0.0206. The van der Waals surface area contributed by atoms with E-state index in [9.17, 15) is 76.3 Å². The number of rotatable bonds is 30. The van der Waals surface area contributed by atoms with Crippen molar-refractivity contribution in [1.29, 1.82) is 0 Å². The Morgan fingerprint density at radius 3 is 1.19 bits per heavy atom. The fourth-order valence-electron chi connectivity index (χ4n) is 12.0. The van der Waals surface area contributed by atoms with Crippen LogP contribution in [0.5, 0.6) is 0 Å². The Morgan fingerprint density at radius 1 is 0.381 bits per heavy atom. The lowest BCUT2D eigenvalue weighted by atomic mass is 9.83. The van der Waals surface area contributed by atoms with Crippen molar-refractivity contribution >= 4 is 65.5 Å². The van der Waals surface area contributed by atoms with Gasteiger partial charge in [0.15, 0.2) is 61.6 Å². The second-order valence-electron chi connectivity index (χ2n) is 23.2. The van der Waals surface area contributed by atoms with E-state index in [1.807, 2.05) is 0 Å². The van der Waals surface area contributed by atoms with E-state index < -0.39 is 226 Å². The predicted molar refractivity (Wildman–Crippen MR) is 347 cm³/mol. The molecule has 4 saturated heterocycles. The summed E-state index contributed by atoms with van der Waals surface area (Å²) in [7, 11) is 0. The minimum atomic E-state index is -2.20. The zero-order valence-corrected chi connectivity index (χ0v) is 57.0. The molecule has 0 aromatic heterocycles. The van der Waals surface area contributed by atoms with Gasteiger partial charge in [-0.2, -0.15) is 0 Å². The predicted octanol–water partition coefficient (Wildman–Crippen LogP) is 7.41. The van der Waals surface area contributed by atoms with Crippen LogP contribution in [-0.4, -0.2) is 219 Å². The molecule has 8 unspecified atom stereocenters. The molecule has 43 nitrogen and oxygen atoms in total. The smallest absolute Gasteiger partial charge is 0.338 e. The lowest BCUT2D eigenvalue weighted by molar-refractivity contribution is -0.309. The summed E-state index contributed by atoms with van der Waals surface area (Å²) < 4.78 is 98.3. The lowest BCUT2D eigenvalue weighted by Crippen LogP contribution is -2.65. The van der Waals surface area contributed by atoms with Gasteiger partial charge in [0.2, 0.25) is 0 Å². The number of nitrogens with zero attached hydrogens (tertiary/aromatic N) is 18. The molecule has 0 spiro atoms. The molecule has 44 heteroatoms. The van der Waals surface area contributed by atoms with Crippen LogP contribution in [0.3, 0.4) is 0 Å². The molecule has 1 saturated carbocycles. The Labute approximate surface area is 596 Å². The van der Waals surface area contributed by atoms with Crippen molar-refractivity contribution < 1.29 is 119 Å². The Kier molecular flexibility index (Phi) is 29.1. The summed E-state index contributed by atoms with van der Waals surface area (Å²) in [5.41, 5.74) is 58.1. The van der Waals surface area contributed by atoms with Crippen molar-refractivity contribution in [2.45, 2.75) is 188 Å². The molecule has 8 rings (SSSR count). The van der Waals surface area contributed by atoms with Gasteiger partial charge in [-0.3, -0.25) is 28.8 Å². The first kappa shape index (κ1) is 79.5. The molecule has 0 radical (unpaired) electrons. The van der Waals surface area contributed by atoms with Gasteiger partial charge < -0.3 is 75.8 Å². The summed E-state index contributed by atoms with van der Waals surface area (Å²) in [5.74, 6) is -9.67. The van der Waals surface area contributed by atoms with Crippen molar-refractivity contribution in [3.8, 4) is 0 Å². The zero-order valence-electron chi connectivity index (χ0n) is 56.1. The largest absolute Gasteiger partial charge is 0.459 e. The molecule has 4 aliphatic heterocycles. The zero-order chi connectivity index (χ0) is 75.9. The molecular formula is C61H66N18O25S. The highest BCUT2D eigenvalue weighted by Crippen LogP contribution is 2.43. The first-order valence-corrected chi connectivity index (χ1v) is 32.7. The highest BCUT2D eigenvalue weighted by molar-refractivity contribution is 7.99. The van der Waals surface area contributed by atoms with Gasteiger partial charge in [-0.15, -0.1) is 11.8 Å². The van der Waals surface area contributed by atoms with E-state index in [2.05, 4.69) is 60.2 Å². The maximum absolute atomic E-state index is 14.3. The number of ether oxygens (including phenoxy) is 16. The average Bonchev–Trinajstić information content (AvgIpc) is 1.76. The molecule has 0 amide bonds. The van der Waals surface area contributed by atoms with Crippen LogP contribution in [0.4, 0.5) is 0 Å². The number of carbonyl (C=O) groups is 9. The Balaban J connectivity index is 1.30. The maximum atomic E-state index is 14.3. The van der Waals surface area contributed by atoms with Gasteiger partial charge in [0.05, 0.1) is 48.0 Å². The monoisotopic (exact) mass is 1480 g/mol. The fourth-order valence-corrected chi connectivity index (χ4v) is 13.3. The number of carbonyl (C=O) groups excluding carboxylic acids is 9. The van der Waals surface area contributed by atoms with E-state index >= 15 is 0 Å². The number of hydrogen-bond donors (Lipinski definition) is 0. The van der Waals surface area contributed by atoms with Crippen LogP contribution in [0.2, 0.25) is 0 Å². The number of benzene rings is 3. The van der Waals surface area contributed by atoms with Gasteiger partial charge in [-0.25, -0.2) is 14.4 Å². The highest BCUT2D eigenvalue weighted by Gasteiger charge is 2.60. The molecule has 105 heavy (non-hydrogen) atoms. The van der Waals surface area contributed by atoms with Crippen LogP contribution < -0.4 is 0 Å². The van der Waals surface area contributed by atoms with E-state index in [-0.39, 0.29) is 16.7 Å². The van der Waals surface area contributed by atoms with Gasteiger partial charge in [0.25, 0.3) is 0 Å². The molecule has 4 heterocycles. The van der Waals surface area contributed by atoms with Gasteiger partial charge >= 0.3 is 53.7 Å². The molecule has 3 aromatic rings. The number of azide groups is 6. The van der Waals surface area contributed by atoms with Gasteiger partial charge in [-0.05, 0) is 76.0 Å². The van der Waals surface area contributed by atoms with Crippen LogP contribution in [0, 0.1) is 0 Å². The Morgan fingerprint density at radius 2 is 0.752 bits per heavy atom. The molecule has 3 aromatic carbocycles.